The molecule has 1 aromatic carbocycles. The Morgan fingerprint density at radius 3 is 3.00 bits per heavy atom. The van der Waals surface area contributed by atoms with Crippen molar-refractivity contribution in [2.45, 2.75) is 26.3 Å². The number of fused-ring (bicyclic) bond motifs is 1. The van der Waals surface area contributed by atoms with E-state index in [0.717, 1.165) is 24.9 Å². The van der Waals surface area contributed by atoms with E-state index < -0.39 is 4.92 Å². The van der Waals surface area contributed by atoms with Crippen LogP contribution in [-0.4, -0.2) is 19.9 Å². The molecule has 0 bridgehead atoms. The number of aryl methyl sites for hydroxylation is 1. The molecule has 6 nitrogen and oxygen atoms in total. The van der Waals surface area contributed by atoms with Crippen LogP contribution in [0, 0.1) is 10.1 Å². The maximum Gasteiger partial charge on any atom is 0.271 e. The summed E-state index contributed by atoms with van der Waals surface area (Å²) in [4.78, 5) is 10.2. The Morgan fingerprint density at radius 2 is 2.31 bits per heavy atom. The molecule has 2 aromatic rings. The van der Waals surface area contributed by atoms with Gasteiger partial charge in [0.25, 0.3) is 5.69 Å². The number of benzene rings is 1. The van der Waals surface area contributed by atoms with E-state index in [1.165, 1.54) is 12.1 Å². The first-order valence-electron chi connectivity index (χ1n) is 5.20. The van der Waals surface area contributed by atoms with Crippen molar-refractivity contribution in [3.8, 4) is 0 Å². The average molecular weight is 220 g/mol. The Kier molecular flexibility index (Phi) is 2.80. The summed E-state index contributed by atoms with van der Waals surface area (Å²) < 4.78 is 1.71. The van der Waals surface area contributed by atoms with E-state index in [9.17, 15) is 10.1 Å². The fourth-order valence-corrected chi connectivity index (χ4v) is 1.54. The number of hydrogen-bond acceptors (Lipinski definition) is 4. The van der Waals surface area contributed by atoms with E-state index in [1.54, 1.807) is 10.7 Å². The summed E-state index contributed by atoms with van der Waals surface area (Å²) in [5.74, 6) is 0. The topological polar surface area (TPSA) is 73.8 Å². The Morgan fingerprint density at radius 1 is 1.50 bits per heavy atom. The summed E-state index contributed by atoms with van der Waals surface area (Å²) in [7, 11) is 0. The maximum atomic E-state index is 10.6. The van der Waals surface area contributed by atoms with Crippen molar-refractivity contribution >= 4 is 16.7 Å². The first-order chi connectivity index (χ1) is 7.72. The maximum absolute atomic E-state index is 10.6. The standard InChI is InChI=1S/C10H12N4O2/c1-2-3-6-13-10-7-8(14(15)16)4-5-9(10)11-12-13/h4-5,7H,2-3,6H2,1H3. The number of hydrogen-bond donors (Lipinski definition) is 0. The van der Waals surface area contributed by atoms with Gasteiger partial charge in [0.1, 0.15) is 5.52 Å². The van der Waals surface area contributed by atoms with Crippen LogP contribution in [0.5, 0.6) is 0 Å². The van der Waals surface area contributed by atoms with Crippen LogP contribution >= 0.6 is 0 Å². The third-order valence-electron chi connectivity index (χ3n) is 2.43. The lowest BCUT2D eigenvalue weighted by atomic mass is 10.2. The molecule has 0 amide bonds. The van der Waals surface area contributed by atoms with Gasteiger partial charge in [-0.3, -0.25) is 10.1 Å². The molecule has 16 heavy (non-hydrogen) atoms. The van der Waals surface area contributed by atoms with Crippen molar-refractivity contribution in [3.63, 3.8) is 0 Å². The van der Waals surface area contributed by atoms with Crippen LogP contribution in [0.1, 0.15) is 19.8 Å². The molecule has 0 unspecified atom stereocenters. The van der Waals surface area contributed by atoms with Gasteiger partial charge in [0.15, 0.2) is 0 Å². The van der Waals surface area contributed by atoms with E-state index >= 15 is 0 Å². The molecule has 0 fully saturated rings. The third kappa shape index (κ3) is 1.86. The number of nitrogens with zero attached hydrogens (tertiary/aromatic N) is 4. The lowest BCUT2D eigenvalue weighted by Gasteiger charge is -1.99. The highest BCUT2D eigenvalue weighted by molar-refractivity contribution is 5.76. The second-order valence-electron chi connectivity index (χ2n) is 3.60. The highest BCUT2D eigenvalue weighted by atomic mass is 16.6. The van der Waals surface area contributed by atoms with Gasteiger partial charge in [-0.05, 0) is 12.5 Å². The fraction of sp³-hybridized carbons (Fsp3) is 0.400. The van der Waals surface area contributed by atoms with Crippen molar-refractivity contribution in [3.05, 3.63) is 28.3 Å². The first-order valence-corrected chi connectivity index (χ1v) is 5.20. The lowest BCUT2D eigenvalue weighted by Crippen LogP contribution is -2.00. The highest BCUT2D eigenvalue weighted by Crippen LogP contribution is 2.19. The predicted molar refractivity (Wildman–Crippen MR) is 59.1 cm³/mol. The van der Waals surface area contributed by atoms with Crippen LogP contribution in [0.25, 0.3) is 11.0 Å². The highest BCUT2D eigenvalue weighted by Gasteiger charge is 2.10. The second kappa shape index (κ2) is 4.26. The van der Waals surface area contributed by atoms with Gasteiger partial charge in [-0.15, -0.1) is 5.10 Å². The van der Waals surface area contributed by atoms with Gasteiger partial charge >= 0.3 is 0 Å². The van der Waals surface area contributed by atoms with Gasteiger partial charge in [-0.25, -0.2) is 4.68 Å². The number of rotatable bonds is 4. The largest absolute Gasteiger partial charge is 0.271 e. The molecular formula is C10H12N4O2. The second-order valence-corrected chi connectivity index (χ2v) is 3.60. The van der Waals surface area contributed by atoms with E-state index in [-0.39, 0.29) is 5.69 Å². The van der Waals surface area contributed by atoms with Gasteiger partial charge in [-0.2, -0.15) is 0 Å². The zero-order valence-corrected chi connectivity index (χ0v) is 8.96. The molecule has 1 heterocycles. The predicted octanol–water partition coefficient (Wildman–Crippen LogP) is 2.14. The summed E-state index contributed by atoms with van der Waals surface area (Å²) >= 11 is 0. The van der Waals surface area contributed by atoms with Crippen molar-refractivity contribution in [1.29, 1.82) is 0 Å². The molecule has 2 rings (SSSR count). The van der Waals surface area contributed by atoms with Crippen LogP contribution in [0.2, 0.25) is 0 Å². The van der Waals surface area contributed by atoms with Crippen LogP contribution in [0.15, 0.2) is 18.2 Å². The average Bonchev–Trinajstić information content (AvgIpc) is 2.68. The number of aromatic nitrogens is 3. The monoisotopic (exact) mass is 220 g/mol. The Labute approximate surface area is 92.0 Å². The smallest absolute Gasteiger partial charge is 0.258 e. The van der Waals surface area contributed by atoms with Gasteiger partial charge in [0.05, 0.1) is 10.4 Å². The van der Waals surface area contributed by atoms with Crippen LogP contribution in [-0.2, 0) is 6.54 Å². The molecule has 0 aliphatic carbocycles. The van der Waals surface area contributed by atoms with E-state index in [2.05, 4.69) is 17.2 Å². The Bertz CT molecular complexity index is 521. The van der Waals surface area contributed by atoms with Crippen LogP contribution < -0.4 is 0 Å². The Balaban J connectivity index is 2.43. The zero-order valence-electron chi connectivity index (χ0n) is 8.96. The Hall–Kier alpha value is -1.98. The van der Waals surface area contributed by atoms with E-state index in [0.29, 0.717) is 5.52 Å². The summed E-state index contributed by atoms with van der Waals surface area (Å²) in [5, 5.41) is 18.6. The van der Waals surface area contributed by atoms with Gasteiger partial charge in [0.2, 0.25) is 0 Å². The van der Waals surface area contributed by atoms with Crippen molar-refractivity contribution < 1.29 is 4.92 Å². The van der Waals surface area contributed by atoms with Gasteiger partial charge in [-0.1, -0.05) is 18.6 Å². The minimum Gasteiger partial charge on any atom is -0.258 e. The molecule has 0 saturated heterocycles. The fourth-order valence-electron chi connectivity index (χ4n) is 1.54. The quantitative estimate of drug-likeness (QED) is 0.584. The molecule has 0 N–H and O–H groups in total. The number of nitro benzene ring substituents is 1. The number of unbranched alkanes of at least 4 members (excludes halogenated alkanes) is 1. The summed E-state index contributed by atoms with van der Waals surface area (Å²) in [6.07, 6.45) is 2.04. The third-order valence-corrected chi connectivity index (χ3v) is 2.43. The van der Waals surface area contributed by atoms with Gasteiger partial charge in [0, 0.05) is 18.7 Å². The SMILES string of the molecule is CCCCn1nnc2ccc([N+](=O)[O-])cc21. The number of nitro groups is 1. The molecule has 0 radical (unpaired) electrons. The molecule has 0 atom stereocenters. The minimum atomic E-state index is -0.406. The van der Waals surface area contributed by atoms with E-state index in [1.807, 2.05) is 0 Å². The first kappa shape index (κ1) is 10.5. The lowest BCUT2D eigenvalue weighted by molar-refractivity contribution is -0.384. The summed E-state index contributed by atoms with van der Waals surface area (Å²) in [6.45, 7) is 2.83. The molecule has 6 heteroatoms. The zero-order chi connectivity index (χ0) is 11.5. The van der Waals surface area contributed by atoms with Crippen LogP contribution in [0.4, 0.5) is 5.69 Å². The molecule has 0 aliphatic heterocycles. The molecular weight excluding hydrogens is 208 g/mol. The van der Waals surface area contributed by atoms with Crippen molar-refractivity contribution in [1.82, 2.24) is 15.0 Å². The van der Waals surface area contributed by atoms with Crippen molar-refractivity contribution in [2.24, 2.45) is 0 Å². The molecule has 0 spiro atoms. The van der Waals surface area contributed by atoms with Gasteiger partial charge < -0.3 is 0 Å². The van der Waals surface area contributed by atoms with Crippen molar-refractivity contribution in [2.75, 3.05) is 0 Å². The molecule has 1 aromatic heterocycles. The normalized spacial score (nSPS) is 10.8. The minimum absolute atomic E-state index is 0.0764. The summed E-state index contributed by atoms with van der Waals surface area (Å²) in [6, 6.07) is 4.59. The molecule has 0 aliphatic rings. The van der Waals surface area contributed by atoms with Crippen LogP contribution in [0.3, 0.4) is 0 Å². The number of non-ortho nitro benzene ring substituents is 1. The van der Waals surface area contributed by atoms with E-state index in [4.69, 9.17) is 0 Å². The summed E-state index contributed by atoms with van der Waals surface area (Å²) in [5.41, 5.74) is 1.50. The molecule has 84 valence electrons. The molecule has 0 saturated carbocycles.